The molecule has 3 amide bonds. The lowest BCUT2D eigenvalue weighted by molar-refractivity contribution is -0.131. The van der Waals surface area contributed by atoms with Crippen LogP contribution in [0.5, 0.6) is 0 Å². The summed E-state index contributed by atoms with van der Waals surface area (Å²) >= 11 is 0. The maximum atomic E-state index is 12.7. The Kier molecular flexibility index (Phi) is 3.49. The Morgan fingerprint density at radius 2 is 1.83 bits per heavy atom. The quantitative estimate of drug-likeness (QED) is 0.757. The zero-order valence-corrected chi connectivity index (χ0v) is 13.9. The fourth-order valence-electron chi connectivity index (χ4n) is 3.17. The second-order valence-corrected chi connectivity index (χ2v) is 7.81. The highest BCUT2D eigenvalue weighted by Gasteiger charge is 2.52. The third kappa shape index (κ3) is 2.24. The van der Waals surface area contributed by atoms with Crippen molar-refractivity contribution in [3.63, 3.8) is 0 Å². The number of imide groups is 1. The molecule has 0 aromatic carbocycles. The predicted octanol–water partition coefficient (Wildman–Crippen LogP) is -0.00366. The fraction of sp³-hybridized carbons (Fsp3) is 0.615. The lowest BCUT2D eigenvalue weighted by atomic mass is 9.88. The lowest BCUT2D eigenvalue weighted by Crippen LogP contribution is -2.55. The number of likely N-dealkylation sites (N-methyl/N-ethyl adjacent to an activating group) is 1. The van der Waals surface area contributed by atoms with Crippen molar-refractivity contribution in [3.05, 3.63) is 11.5 Å². The van der Waals surface area contributed by atoms with Crippen LogP contribution in [0.15, 0.2) is 9.42 Å². The minimum Gasteiger partial charge on any atom is -0.360 e. The number of piperidine rings is 1. The van der Waals surface area contributed by atoms with Gasteiger partial charge in [0.1, 0.15) is 16.1 Å². The molecule has 0 saturated carbocycles. The van der Waals surface area contributed by atoms with Crippen LogP contribution in [0.1, 0.15) is 24.3 Å². The Labute approximate surface area is 133 Å². The van der Waals surface area contributed by atoms with Gasteiger partial charge in [-0.05, 0) is 26.7 Å². The van der Waals surface area contributed by atoms with Crippen LogP contribution < -0.4 is 5.32 Å². The van der Waals surface area contributed by atoms with Crippen molar-refractivity contribution < 1.29 is 22.5 Å². The Morgan fingerprint density at radius 3 is 2.26 bits per heavy atom. The zero-order valence-electron chi connectivity index (χ0n) is 13.1. The number of aromatic nitrogens is 1. The maximum Gasteiger partial charge on any atom is 0.324 e. The van der Waals surface area contributed by atoms with Crippen LogP contribution in [0, 0.1) is 13.8 Å². The van der Waals surface area contributed by atoms with E-state index in [0.717, 1.165) is 4.90 Å². The van der Waals surface area contributed by atoms with Gasteiger partial charge in [0.2, 0.25) is 10.0 Å². The van der Waals surface area contributed by atoms with Gasteiger partial charge in [-0.25, -0.2) is 13.2 Å². The normalized spacial score (nSPS) is 22.0. The highest BCUT2D eigenvalue weighted by molar-refractivity contribution is 7.89. The first kappa shape index (κ1) is 15.9. The van der Waals surface area contributed by atoms with E-state index in [1.54, 1.807) is 13.8 Å². The number of urea groups is 1. The number of hydrogen-bond acceptors (Lipinski definition) is 6. The van der Waals surface area contributed by atoms with Gasteiger partial charge in [0, 0.05) is 20.1 Å². The summed E-state index contributed by atoms with van der Waals surface area (Å²) in [5.74, 6) is -0.0651. The Balaban J connectivity index is 1.82. The first-order valence-corrected chi connectivity index (χ1v) is 8.66. The Hall–Kier alpha value is -1.94. The van der Waals surface area contributed by atoms with E-state index < -0.39 is 21.6 Å². The lowest BCUT2D eigenvalue weighted by Gasteiger charge is -2.36. The molecule has 2 aliphatic rings. The predicted molar refractivity (Wildman–Crippen MR) is 78.0 cm³/mol. The number of carbonyl (C=O) groups is 2. The average Bonchev–Trinajstić information content (AvgIpc) is 2.94. The number of amides is 3. The van der Waals surface area contributed by atoms with Crippen LogP contribution in [0.3, 0.4) is 0 Å². The van der Waals surface area contributed by atoms with E-state index >= 15 is 0 Å². The van der Waals surface area contributed by atoms with Gasteiger partial charge in [-0.2, -0.15) is 4.31 Å². The molecule has 1 aromatic rings. The molecule has 1 spiro atoms. The van der Waals surface area contributed by atoms with Crippen molar-refractivity contribution in [2.75, 3.05) is 20.1 Å². The summed E-state index contributed by atoms with van der Waals surface area (Å²) in [5.41, 5.74) is -0.677. The van der Waals surface area contributed by atoms with Crippen molar-refractivity contribution in [2.45, 2.75) is 37.1 Å². The largest absolute Gasteiger partial charge is 0.360 e. The number of nitrogens with zero attached hydrogens (tertiary/aromatic N) is 3. The van der Waals surface area contributed by atoms with Crippen molar-refractivity contribution in [1.29, 1.82) is 0 Å². The van der Waals surface area contributed by atoms with E-state index in [1.165, 1.54) is 11.4 Å². The second kappa shape index (κ2) is 5.03. The number of nitrogens with one attached hydrogen (secondary N) is 1. The van der Waals surface area contributed by atoms with Gasteiger partial charge in [0.15, 0.2) is 5.76 Å². The molecule has 126 valence electrons. The first-order chi connectivity index (χ1) is 10.7. The highest BCUT2D eigenvalue weighted by Crippen LogP contribution is 2.32. The van der Waals surface area contributed by atoms with Crippen molar-refractivity contribution in [3.8, 4) is 0 Å². The van der Waals surface area contributed by atoms with Gasteiger partial charge in [0.25, 0.3) is 5.91 Å². The number of hydrogen-bond donors (Lipinski definition) is 1. The van der Waals surface area contributed by atoms with Gasteiger partial charge in [-0.15, -0.1) is 0 Å². The molecule has 0 radical (unpaired) electrons. The zero-order chi connectivity index (χ0) is 17.0. The SMILES string of the molecule is Cc1noc(C)c1S(=O)(=O)N1CCC2(CC1)NC(=O)N(C)C2=O. The topological polar surface area (TPSA) is 113 Å². The molecule has 0 aliphatic carbocycles. The van der Waals surface area contributed by atoms with Crippen LogP contribution in [0.25, 0.3) is 0 Å². The van der Waals surface area contributed by atoms with Gasteiger partial charge in [-0.3, -0.25) is 9.69 Å². The number of aryl methyl sites for hydroxylation is 2. The molecule has 2 fully saturated rings. The van der Waals surface area contributed by atoms with E-state index in [0.29, 0.717) is 5.69 Å². The van der Waals surface area contributed by atoms with Crippen LogP contribution in [0.2, 0.25) is 0 Å². The second-order valence-electron chi connectivity index (χ2n) is 5.93. The molecule has 2 saturated heterocycles. The monoisotopic (exact) mass is 342 g/mol. The Bertz CT molecular complexity index is 757. The summed E-state index contributed by atoms with van der Waals surface area (Å²) in [5, 5.41) is 6.36. The third-order valence-electron chi connectivity index (χ3n) is 4.51. The fourth-order valence-corrected chi connectivity index (χ4v) is 4.91. The third-order valence-corrected chi connectivity index (χ3v) is 6.65. The molecular formula is C13H18N4O5S. The molecule has 0 unspecified atom stereocenters. The van der Waals surface area contributed by atoms with Crippen LogP contribution >= 0.6 is 0 Å². The minimum atomic E-state index is -3.73. The van der Waals surface area contributed by atoms with Crippen molar-refractivity contribution in [1.82, 2.24) is 19.7 Å². The molecule has 0 atom stereocenters. The van der Waals surface area contributed by atoms with Gasteiger partial charge in [-0.1, -0.05) is 5.16 Å². The molecule has 10 heteroatoms. The van der Waals surface area contributed by atoms with Crippen LogP contribution in [-0.2, 0) is 14.8 Å². The molecule has 3 rings (SSSR count). The van der Waals surface area contributed by atoms with Gasteiger partial charge in [0.05, 0.1) is 0 Å². The van der Waals surface area contributed by atoms with E-state index in [9.17, 15) is 18.0 Å². The van der Waals surface area contributed by atoms with E-state index in [-0.39, 0.29) is 42.5 Å². The van der Waals surface area contributed by atoms with Gasteiger partial charge < -0.3 is 9.84 Å². The summed E-state index contributed by atoms with van der Waals surface area (Å²) in [6.45, 7) is 3.41. The first-order valence-electron chi connectivity index (χ1n) is 7.22. The number of sulfonamides is 1. The van der Waals surface area contributed by atoms with Gasteiger partial charge >= 0.3 is 6.03 Å². The average molecular weight is 342 g/mol. The molecule has 3 heterocycles. The molecule has 1 N–H and O–H groups in total. The summed E-state index contributed by atoms with van der Waals surface area (Å²) in [6, 6.07) is -0.447. The van der Waals surface area contributed by atoms with Crippen LogP contribution in [0.4, 0.5) is 4.79 Å². The van der Waals surface area contributed by atoms with E-state index in [4.69, 9.17) is 4.52 Å². The van der Waals surface area contributed by atoms with Crippen molar-refractivity contribution in [2.24, 2.45) is 0 Å². The smallest absolute Gasteiger partial charge is 0.324 e. The highest BCUT2D eigenvalue weighted by atomic mass is 32.2. The standard InChI is InChI=1S/C13H18N4O5S/c1-8-10(9(2)22-15-8)23(20,21)17-6-4-13(5-7-17)11(18)16(3)12(19)14-13/h4-7H2,1-3H3,(H,14,19). The molecular weight excluding hydrogens is 324 g/mol. The molecule has 23 heavy (non-hydrogen) atoms. The molecule has 0 bridgehead atoms. The van der Waals surface area contributed by atoms with E-state index in [1.807, 2.05) is 0 Å². The Morgan fingerprint density at radius 1 is 1.22 bits per heavy atom. The number of carbonyl (C=O) groups excluding carboxylic acids is 2. The maximum absolute atomic E-state index is 12.7. The molecule has 2 aliphatic heterocycles. The molecule has 9 nitrogen and oxygen atoms in total. The van der Waals surface area contributed by atoms with E-state index in [2.05, 4.69) is 10.5 Å². The summed E-state index contributed by atoms with van der Waals surface area (Å²) < 4.78 is 31.7. The van der Waals surface area contributed by atoms with Crippen molar-refractivity contribution >= 4 is 22.0 Å². The minimum absolute atomic E-state index is 0.0763. The summed E-state index contributed by atoms with van der Waals surface area (Å²) in [6.07, 6.45) is 0.481. The molecule has 1 aromatic heterocycles. The number of rotatable bonds is 2. The van der Waals surface area contributed by atoms with Crippen LogP contribution in [-0.4, -0.2) is 60.4 Å². The summed E-state index contributed by atoms with van der Waals surface area (Å²) in [4.78, 5) is 25.0. The summed E-state index contributed by atoms with van der Waals surface area (Å²) in [7, 11) is -2.32.